The molecular formula is C10H15NO5. The van der Waals surface area contributed by atoms with E-state index in [9.17, 15) is 14.4 Å². The molecule has 0 aromatic heterocycles. The molecule has 0 radical (unpaired) electrons. The van der Waals surface area contributed by atoms with Crippen LogP contribution in [0, 0.1) is 11.8 Å². The van der Waals surface area contributed by atoms with Crippen LogP contribution in [0.3, 0.4) is 0 Å². The van der Waals surface area contributed by atoms with Gasteiger partial charge in [0, 0.05) is 0 Å². The summed E-state index contributed by atoms with van der Waals surface area (Å²) in [5, 5.41) is 11.4. The molecule has 0 aliphatic carbocycles. The van der Waals surface area contributed by atoms with Crippen molar-refractivity contribution in [1.82, 2.24) is 5.32 Å². The fourth-order valence-electron chi connectivity index (χ4n) is 1.60. The molecule has 1 amide bonds. The average Bonchev–Trinajstić information content (AvgIpc) is 2.49. The molecule has 0 unspecified atom stereocenters. The van der Waals surface area contributed by atoms with Crippen molar-refractivity contribution in [1.29, 1.82) is 0 Å². The van der Waals surface area contributed by atoms with Crippen LogP contribution >= 0.6 is 0 Å². The van der Waals surface area contributed by atoms with E-state index in [0.29, 0.717) is 0 Å². The molecule has 1 aliphatic heterocycles. The zero-order valence-corrected chi connectivity index (χ0v) is 9.23. The van der Waals surface area contributed by atoms with Gasteiger partial charge in [0.15, 0.2) is 0 Å². The zero-order chi connectivity index (χ0) is 12.3. The van der Waals surface area contributed by atoms with Gasteiger partial charge < -0.3 is 15.2 Å². The lowest BCUT2D eigenvalue weighted by Gasteiger charge is -2.17. The average molecular weight is 229 g/mol. The summed E-state index contributed by atoms with van der Waals surface area (Å²) < 4.78 is 4.67. The number of hydrogen-bond donors (Lipinski definition) is 2. The van der Waals surface area contributed by atoms with Gasteiger partial charge in [0.25, 0.3) is 0 Å². The Hall–Kier alpha value is -1.59. The summed E-state index contributed by atoms with van der Waals surface area (Å²) in [5.74, 6) is -3.48. The lowest BCUT2D eigenvalue weighted by Crippen LogP contribution is -2.43. The Morgan fingerprint density at radius 1 is 1.50 bits per heavy atom. The highest BCUT2D eigenvalue weighted by atomic mass is 16.5. The number of esters is 1. The predicted octanol–water partition coefficient (Wildman–Crippen LogP) is -0.225. The van der Waals surface area contributed by atoms with Gasteiger partial charge in [-0.3, -0.25) is 14.4 Å². The van der Waals surface area contributed by atoms with Crippen LogP contribution in [0.1, 0.15) is 20.3 Å². The van der Waals surface area contributed by atoms with Gasteiger partial charge in [-0.2, -0.15) is 0 Å². The van der Waals surface area contributed by atoms with E-state index in [0.717, 1.165) is 0 Å². The Labute approximate surface area is 93.0 Å². The summed E-state index contributed by atoms with van der Waals surface area (Å²) in [6.45, 7) is 3.44. The molecule has 1 aliphatic rings. The first-order valence-electron chi connectivity index (χ1n) is 5.10. The van der Waals surface area contributed by atoms with Crippen molar-refractivity contribution in [3.63, 3.8) is 0 Å². The number of carboxylic acid groups (broad SMARTS) is 1. The minimum Gasteiger partial charge on any atom is -0.481 e. The summed E-state index contributed by atoms with van der Waals surface area (Å²) in [4.78, 5) is 33.3. The predicted molar refractivity (Wildman–Crippen MR) is 53.5 cm³/mol. The maximum absolute atomic E-state index is 11.6. The third-order valence-electron chi connectivity index (χ3n) is 2.42. The van der Waals surface area contributed by atoms with Crippen molar-refractivity contribution < 1.29 is 24.2 Å². The van der Waals surface area contributed by atoms with Crippen LogP contribution in [-0.4, -0.2) is 35.6 Å². The van der Waals surface area contributed by atoms with Crippen LogP contribution in [-0.2, 0) is 19.1 Å². The van der Waals surface area contributed by atoms with E-state index in [1.807, 2.05) is 0 Å². The molecule has 2 N–H and O–H groups in total. The van der Waals surface area contributed by atoms with Crippen LogP contribution in [0.5, 0.6) is 0 Å². The summed E-state index contributed by atoms with van der Waals surface area (Å²) in [6, 6.07) is -0.402. The number of nitrogens with one attached hydrogen (secondary N) is 1. The molecule has 2 atom stereocenters. The highest BCUT2D eigenvalue weighted by Crippen LogP contribution is 2.13. The lowest BCUT2D eigenvalue weighted by atomic mass is 9.95. The zero-order valence-electron chi connectivity index (χ0n) is 9.23. The number of aliphatic carboxylic acids is 1. The highest BCUT2D eigenvalue weighted by Gasteiger charge is 2.33. The molecule has 90 valence electrons. The number of cyclic esters (lactones) is 1. The quantitative estimate of drug-likeness (QED) is 0.513. The lowest BCUT2D eigenvalue weighted by molar-refractivity contribution is -0.149. The van der Waals surface area contributed by atoms with Gasteiger partial charge in [-0.15, -0.1) is 0 Å². The van der Waals surface area contributed by atoms with E-state index in [1.165, 1.54) is 0 Å². The molecule has 1 fully saturated rings. The standard InChI is InChI=1S/C10H15NO5/c1-5(2)8(10(14)15)9(13)11-6-3-7(12)16-4-6/h5-6,8H,3-4H2,1-2H3,(H,11,13)(H,14,15)/t6-,8+/m0/s1. The third-order valence-corrected chi connectivity index (χ3v) is 2.42. The minimum absolute atomic E-state index is 0.107. The van der Waals surface area contributed by atoms with Gasteiger partial charge in [-0.25, -0.2) is 0 Å². The van der Waals surface area contributed by atoms with Crippen molar-refractivity contribution in [3.05, 3.63) is 0 Å². The van der Waals surface area contributed by atoms with Crippen LogP contribution in [0.4, 0.5) is 0 Å². The first kappa shape index (κ1) is 12.5. The molecule has 0 spiro atoms. The fraction of sp³-hybridized carbons (Fsp3) is 0.700. The Morgan fingerprint density at radius 2 is 2.12 bits per heavy atom. The molecule has 1 rings (SSSR count). The molecule has 0 bridgehead atoms. The van der Waals surface area contributed by atoms with E-state index in [1.54, 1.807) is 13.8 Å². The van der Waals surface area contributed by atoms with E-state index < -0.39 is 23.8 Å². The van der Waals surface area contributed by atoms with Crippen LogP contribution < -0.4 is 5.32 Å². The van der Waals surface area contributed by atoms with Gasteiger partial charge in [0.2, 0.25) is 5.91 Å². The van der Waals surface area contributed by atoms with Crippen molar-refractivity contribution in [2.75, 3.05) is 6.61 Å². The van der Waals surface area contributed by atoms with Gasteiger partial charge in [-0.05, 0) is 5.92 Å². The number of carbonyl (C=O) groups excluding carboxylic acids is 2. The summed E-state index contributed by atoms with van der Waals surface area (Å²) in [7, 11) is 0. The molecule has 6 heteroatoms. The van der Waals surface area contributed by atoms with Crippen molar-refractivity contribution in [2.45, 2.75) is 26.3 Å². The molecule has 1 heterocycles. The number of carboxylic acids is 1. The number of rotatable bonds is 4. The Balaban J connectivity index is 2.56. The largest absolute Gasteiger partial charge is 0.481 e. The van der Waals surface area contributed by atoms with E-state index in [4.69, 9.17) is 5.11 Å². The normalized spacial score (nSPS) is 21.7. The summed E-state index contributed by atoms with van der Waals surface area (Å²) in [6.07, 6.45) is 0.107. The molecule has 16 heavy (non-hydrogen) atoms. The molecule has 0 aromatic rings. The number of carbonyl (C=O) groups is 3. The molecule has 0 saturated carbocycles. The fourth-order valence-corrected chi connectivity index (χ4v) is 1.60. The Bertz CT molecular complexity index is 312. The maximum Gasteiger partial charge on any atom is 0.316 e. The summed E-state index contributed by atoms with van der Waals surface area (Å²) >= 11 is 0. The second kappa shape index (κ2) is 4.96. The number of amides is 1. The molecule has 6 nitrogen and oxygen atoms in total. The topological polar surface area (TPSA) is 92.7 Å². The van der Waals surface area contributed by atoms with Crippen molar-refractivity contribution in [2.24, 2.45) is 11.8 Å². The van der Waals surface area contributed by atoms with Crippen LogP contribution in [0.2, 0.25) is 0 Å². The number of ether oxygens (including phenoxy) is 1. The SMILES string of the molecule is CC(C)[C@@H](C(=O)O)C(=O)N[C@@H]1COC(=O)C1. The van der Waals surface area contributed by atoms with E-state index in [-0.39, 0.29) is 24.9 Å². The van der Waals surface area contributed by atoms with Crippen LogP contribution in [0.25, 0.3) is 0 Å². The smallest absolute Gasteiger partial charge is 0.316 e. The molecular weight excluding hydrogens is 214 g/mol. The van der Waals surface area contributed by atoms with E-state index >= 15 is 0 Å². The minimum atomic E-state index is -1.15. The van der Waals surface area contributed by atoms with Crippen molar-refractivity contribution in [3.8, 4) is 0 Å². The van der Waals surface area contributed by atoms with Crippen LogP contribution in [0.15, 0.2) is 0 Å². The molecule has 0 aromatic carbocycles. The van der Waals surface area contributed by atoms with Gasteiger partial charge in [0.1, 0.15) is 12.5 Å². The number of hydrogen-bond acceptors (Lipinski definition) is 4. The first-order chi connectivity index (χ1) is 7.41. The Morgan fingerprint density at radius 3 is 2.50 bits per heavy atom. The van der Waals surface area contributed by atoms with E-state index in [2.05, 4.69) is 10.1 Å². The monoisotopic (exact) mass is 229 g/mol. The van der Waals surface area contributed by atoms with Gasteiger partial charge in [-0.1, -0.05) is 13.8 Å². The second-order valence-corrected chi connectivity index (χ2v) is 4.15. The molecule has 1 saturated heterocycles. The second-order valence-electron chi connectivity index (χ2n) is 4.15. The van der Waals surface area contributed by atoms with Gasteiger partial charge in [0.05, 0.1) is 12.5 Å². The first-order valence-corrected chi connectivity index (χ1v) is 5.10. The third kappa shape index (κ3) is 2.95. The van der Waals surface area contributed by atoms with Crippen molar-refractivity contribution >= 4 is 17.8 Å². The maximum atomic E-state index is 11.6. The highest BCUT2D eigenvalue weighted by molar-refractivity contribution is 5.97. The van der Waals surface area contributed by atoms with Gasteiger partial charge >= 0.3 is 11.9 Å². The Kier molecular flexibility index (Phi) is 3.87. The summed E-state index contributed by atoms with van der Waals surface area (Å²) in [5.41, 5.74) is 0.